The smallest absolute Gasteiger partial charge is 0.325 e. The van der Waals surface area contributed by atoms with Gasteiger partial charge in [0.25, 0.3) is 0 Å². The largest absolute Gasteiger partial charge is 0.480 e. The lowest BCUT2D eigenvalue weighted by Crippen LogP contribution is -2.37. The van der Waals surface area contributed by atoms with Crippen molar-refractivity contribution in [2.75, 3.05) is 0 Å². The molecule has 2 unspecified atom stereocenters. The number of esters is 1. The second-order valence-corrected chi connectivity index (χ2v) is 2.89. The van der Waals surface area contributed by atoms with Crippen molar-refractivity contribution in [3.8, 4) is 0 Å². The van der Waals surface area contributed by atoms with Crippen LogP contribution < -0.4 is 0 Å². The van der Waals surface area contributed by atoms with Crippen LogP contribution in [-0.2, 0) is 14.3 Å². The second kappa shape index (κ2) is 5.56. The number of carboxylic acids is 1. The first-order chi connectivity index (χ1) is 6.40. The van der Waals surface area contributed by atoms with Gasteiger partial charge in [-0.15, -0.1) is 0 Å². The Balaban J connectivity index is 4.38. The minimum absolute atomic E-state index is 0.442. The van der Waals surface area contributed by atoms with E-state index in [2.05, 4.69) is 4.74 Å². The third-order valence-electron chi connectivity index (χ3n) is 1.71. The average Bonchev–Trinajstić information content (AvgIpc) is 2.02. The Morgan fingerprint density at radius 2 is 1.86 bits per heavy atom. The van der Waals surface area contributed by atoms with Gasteiger partial charge in [-0.05, 0) is 13.3 Å². The van der Waals surface area contributed by atoms with Crippen molar-refractivity contribution in [3.05, 3.63) is 0 Å². The van der Waals surface area contributed by atoms with Crippen LogP contribution in [0.3, 0.4) is 0 Å². The predicted octanol–water partition coefficient (Wildman–Crippen LogP) is -0.660. The molecule has 0 aliphatic heterocycles. The molecule has 14 heavy (non-hydrogen) atoms. The summed E-state index contributed by atoms with van der Waals surface area (Å²) in [5.74, 6) is -4.70. The van der Waals surface area contributed by atoms with Gasteiger partial charge in [-0.3, -0.25) is 9.59 Å². The maximum Gasteiger partial charge on any atom is 0.325 e. The average molecular weight is 206 g/mol. The first-order valence-electron chi connectivity index (χ1n) is 4.19. The molecule has 0 bridgehead atoms. The van der Waals surface area contributed by atoms with Crippen molar-refractivity contribution >= 4 is 11.9 Å². The first kappa shape index (κ1) is 12.9. The molecule has 6 heteroatoms. The van der Waals surface area contributed by atoms with Crippen LogP contribution in [0.15, 0.2) is 0 Å². The minimum Gasteiger partial charge on any atom is -0.480 e. The summed E-state index contributed by atoms with van der Waals surface area (Å²) in [6, 6.07) is 0. The van der Waals surface area contributed by atoms with E-state index in [9.17, 15) is 9.59 Å². The molecule has 0 saturated carbocycles. The number of aliphatic hydroxyl groups excluding tert-OH is 1. The number of carbonyl (C=O) groups excluding carboxylic acids is 1. The zero-order chi connectivity index (χ0) is 11.3. The lowest BCUT2D eigenvalue weighted by atomic mass is 10.1. The highest BCUT2D eigenvalue weighted by atomic mass is 16.6. The number of aliphatic hydroxyl groups is 2. The molecule has 0 saturated heterocycles. The van der Waals surface area contributed by atoms with E-state index in [1.807, 2.05) is 0 Å². The second-order valence-electron chi connectivity index (χ2n) is 2.89. The summed E-state index contributed by atoms with van der Waals surface area (Å²) in [6.07, 6.45) is -2.16. The summed E-state index contributed by atoms with van der Waals surface area (Å²) in [7, 11) is 0. The highest BCUT2D eigenvalue weighted by Gasteiger charge is 2.35. The first-order valence-corrected chi connectivity index (χ1v) is 4.19. The van der Waals surface area contributed by atoms with Gasteiger partial charge in [0.2, 0.25) is 5.92 Å². The van der Waals surface area contributed by atoms with Crippen LogP contribution in [0, 0.1) is 5.92 Å². The normalized spacial score (nSPS) is 14.9. The van der Waals surface area contributed by atoms with Gasteiger partial charge in [0, 0.05) is 0 Å². The van der Waals surface area contributed by atoms with E-state index in [0.717, 1.165) is 0 Å². The van der Waals surface area contributed by atoms with Crippen molar-refractivity contribution in [3.63, 3.8) is 0 Å². The van der Waals surface area contributed by atoms with Crippen molar-refractivity contribution in [2.45, 2.75) is 32.7 Å². The summed E-state index contributed by atoms with van der Waals surface area (Å²) in [4.78, 5) is 21.5. The SMILES string of the molecule is CCC(C)OC(=O)C(C(=O)O)C(O)O. The highest BCUT2D eigenvalue weighted by molar-refractivity contribution is 5.94. The zero-order valence-corrected chi connectivity index (χ0v) is 8.01. The maximum atomic E-state index is 11.1. The predicted molar refractivity (Wildman–Crippen MR) is 45.2 cm³/mol. The van der Waals surface area contributed by atoms with Gasteiger partial charge in [-0.1, -0.05) is 6.92 Å². The lowest BCUT2D eigenvalue weighted by molar-refractivity contribution is -0.180. The summed E-state index contributed by atoms with van der Waals surface area (Å²) < 4.78 is 4.64. The minimum atomic E-state index is -2.25. The molecule has 0 aromatic heterocycles. The van der Waals surface area contributed by atoms with Crippen molar-refractivity contribution in [2.24, 2.45) is 5.92 Å². The number of aliphatic carboxylic acids is 1. The van der Waals surface area contributed by atoms with E-state index < -0.39 is 30.3 Å². The molecule has 6 nitrogen and oxygen atoms in total. The molecule has 0 spiro atoms. The zero-order valence-electron chi connectivity index (χ0n) is 8.01. The van der Waals surface area contributed by atoms with Crippen LogP contribution in [0.2, 0.25) is 0 Å². The van der Waals surface area contributed by atoms with Crippen LogP contribution in [0.5, 0.6) is 0 Å². The Morgan fingerprint density at radius 1 is 1.36 bits per heavy atom. The summed E-state index contributed by atoms with van der Waals surface area (Å²) in [5.41, 5.74) is 0. The Hall–Kier alpha value is -1.14. The molecule has 2 atom stereocenters. The van der Waals surface area contributed by atoms with Crippen LogP contribution in [0.4, 0.5) is 0 Å². The Bertz CT molecular complexity index is 212. The summed E-state index contributed by atoms with van der Waals surface area (Å²) >= 11 is 0. The number of ether oxygens (including phenoxy) is 1. The van der Waals surface area contributed by atoms with Crippen molar-refractivity contribution < 1.29 is 29.6 Å². The van der Waals surface area contributed by atoms with Crippen LogP contribution >= 0.6 is 0 Å². The molecule has 0 aliphatic rings. The summed E-state index contributed by atoms with van der Waals surface area (Å²) in [5, 5.41) is 25.7. The van der Waals surface area contributed by atoms with E-state index in [1.54, 1.807) is 13.8 Å². The van der Waals surface area contributed by atoms with Gasteiger partial charge < -0.3 is 20.1 Å². The van der Waals surface area contributed by atoms with Crippen LogP contribution in [0.1, 0.15) is 20.3 Å². The van der Waals surface area contributed by atoms with E-state index in [4.69, 9.17) is 15.3 Å². The van der Waals surface area contributed by atoms with Gasteiger partial charge in [-0.2, -0.15) is 0 Å². The Kier molecular flexibility index (Phi) is 5.11. The van der Waals surface area contributed by atoms with Crippen molar-refractivity contribution in [1.29, 1.82) is 0 Å². The molecule has 0 amide bonds. The standard InChI is InChI=1S/C8H14O6/c1-3-4(2)14-8(13)5(6(9)10)7(11)12/h4-6,9-10H,3H2,1-2H3,(H,11,12). The monoisotopic (exact) mass is 206 g/mol. The molecule has 3 N–H and O–H groups in total. The molecule has 0 rings (SSSR count). The quantitative estimate of drug-likeness (QED) is 0.313. The molecule has 0 radical (unpaired) electrons. The fourth-order valence-electron chi connectivity index (χ4n) is 0.705. The summed E-state index contributed by atoms with van der Waals surface area (Å²) in [6.45, 7) is 3.34. The van der Waals surface area contributed by atoms with E-state index >= 15 is 0 Å². The number of carboxylic acid groups (broad SMARTS) is 1. The number of carbonyl (C=O) groups is 2. The lowest BCUT2D eigenvalue weighted by Gasteiger charge is -2.16. The fourth-order valence-corrected chi connectivity index (χ4v) is 0.705. The molecule has 0 aromatic carbocycles. The molecule has 0 aromatic rings. The number of rotatable bonds is 5. The Morgan fingerprint density at radius 3 is 2.14 bits per heavy atom. The number of hydrogen-bond donors (Lipinski definition) is 3. The van der Waals surface area contributed by atoms with Gasteiger partial charge in [0.1, 0.15) is 0 Å². The molecule has 82 valence electrons. The topological polar surface area (TPSA) is 104 Å². The maximum absolute atomic E-state index is 11.1. The van der Waals surface area contributed by atoms with Crippen LogP contribution in [-0.4, -0.2) is 39.7 Å². The van der Waals surface area contributed by atoms with E-state index in [1.165, 1.54) is 0 Å². The van der Waals surface area contributed by atoms with Crippen molar-refractivity contribution in [1.82, 2.24) is 0 Å². The fraction of sp³-hybridized carbons (Fsp3) is 0.750. The van der Waals surface area contributed by atoms with Gasteiger partial charge in [-0.25, -0.2) is 0 Å². The van der Waals surface area contributed by atoms with Gasteiger partial charge in [0.15, 0.2) is 6.29 Å². The molecule has 0 heterocycles. The van der Waals surface area contributed by atoms with Crippen LogP contribution in [0.25, 0.3) is 0 Å². The molecule has 0 fully saturated rings. The van der Waals surface area contributed by atoms with E-state index in [-0.39, 0.29) is 0 Å². The third-order valence-corrected chi connectivity index (χ3v) is 1.71. The molecular formula is C8H14O6. The van der Waals surface area contributed by atoms with Gasteiger partial charge >= 0.3 is 11.9 Å². The van der Waals surface area contributed by atoms with E-state index in [0.29, 0.717) is 6.42 Å². The van der Waals surface area contributed by atoms with Gasteiger partial charge in [0.05, 0.1) is 6.10 Å². The number of hydrogen-bond acceptors (Lipinski definition) is 5. The third kappa shape index (κ3) is 3.71. The molecule has 0 aliphatic carbocycles. The Labute approximate surface area is 81.1 Å². The molecular weight excluding hydrogens is 192 g/mol. The highest BCUT2D eigenvalue weighted by Crippen LogP contribution is 2.08.